The number of amides is 1. The fourth-order valence-electron chi connectivity index (χ4n) is 6.42. The molecule has 2 fully saturated rings. The van der Waals surface area contributed by atoms with Crippen LogP contribution in [-0.2, 0) is 23.9 Å². The largest absolute Gasteiger partial charge is 0.507 e. The molecule has 2 saturated carbocycles. The number of hydrogen-bond acceptors (Lipinski definition) is 11. The van der Waals surface area contributed by atoms with Crippen LogP contribution in [0.3, 0.4) is 0 Å². The van der Waals surface area contributed by atoms with Gasteiger partial charge in [-0.05, 0) is 39.8 Å². The summed E-state index contributed by atoms with van der Waals surface area (Å²) in [5, 5.41) is 34.0. The Morgan fingerprint density at radius 3 is 2.34 bits per heavy atom. The first kappa shape index (κ1) is 28.0. The maximum absolute atomic E-state index is 14.0. The van der Waals surface area contributed by atoms with E-state index < -0.39 is 82.1 Å². The van der Waals surface area contributed by atoms with Crippen LogP contribution < -0.4 is 5.73 Å². The topological polar surface area (TPSA) is 188 Å². The molecule has 1 aromatic rings. The number of likely N-dealkylation sites (N-methyl/N-ethyl adjacent to an activating group) is 2. The minimum absolute atomic E-state index is 0.0489. The fraction of sp³-hybridized carbons (Fsp3) is 0.577. The summed E-state index contributed by atoms with van der Waals surface area (Å²) in [6, 6.07) is 2.96. The molecule has 0 saturated heterocycles. The summed E-state index contributed by atoms with van der Waals surface area (Å²) in [6.07, 6.45) is -1.71. The molecule has 12 heteroatoms. The highest BCUT2D eigenvalue weighted by molar-refractivity contribution is 6.32. The van der Waals surface area contributed by atoms with E-state index in [9.17, 15) is 39.3 Å². The molecule has 5 N–H and O–H groups in total. The second kappa shape index (κ2) is 9.93. The second-order valence-electron chi connectivity index (χ2n) is 10.8. The van der Waals surface area contributed by atoms with Crippen molar-refractivity contribution < 1.29 is 44.0 Å². The Balaban J connectivity index is 1.89. The number of primary amides is 1. The molecule has 3 aliphatic carbocycles. The van der Waals surface area contributed by atoms with Gasteiger partial charge in [0.05, 0.1) is 42.8 Å². The van der Waals surface area contributed by atoms with E-state index in [2.05, 4.69) is 0 Å². The molecule has 2 unspecified atom stereocenters. The first-order valence-corrected chi connectivity index (χ1v) is 12.3. The Bertz CT molecular complexity index is 1200. The van der Waals surface area contributed by atoms with Crippen LogP contribution in [0.2, 0.25) is 0 Å². The van der Waals surface area contributed by atoms with Crippen molar-refractivity contribution in [3.8, 4) is 5.75 Å². The lowest BCUT2D eigenvalue weighted by Crippen LogP contribution is -2.77. The molecular weight excluding hydrogens is 498 g/mol. The number of Topliss-reactive ketones (excluding diaryl/α,β-unsaturated/α-hetero) is 4. The molecule has 8 atom stereocenters. The highest BCUT2D eigenvalue weighted by Crippen LogP contribution is 2.54. The van der Waals surface area contributed by atoms with E-state index >= 15 is 0 Å². The number of benzene rings is 1. The van der Waals surface area contributed by atoms with E-state index in [0.29, 0.717) is 12.1 Å². The summed E-state index contributed by atoms with van der Waals surface area (Å²) >= 11 is 0. The van der Waals surface area contributed by atoms with Gasteiger partial charge in [0.15, 0.2) is 34.7 Å². The van der Waals surface area contributed by atoms with Gasteiger partial charge in [-0.25, -0.2) is 0 Å². The number of aliphatic hydroxyl groups excluding tert-OH is 1. The number of aromatic hydroxyl groups is 1. The maximum atomic E-state index is 14.0. The van der Waals surface area contributed by atoms with Crippen LogP contribution in [0.25, 0.3) is 0 Å². The molecule has 0 heterocycles. The summed E-state index contributed by atoms with van der Waals surface area (Å²) in [5.41, 5.74) is 2.48. The summed E-state index contributed by atoms with van der Waals surface area (Å²) in [5.74, 6) is -13.7. The zero-order valence-corrected chi connectivity index (χ0v) is 21.7. The third kappa shape index (κ3) is 3.98. The number of nitrogens with zero attached hydrogens (tertiary/aromatic N) is 2. The van der Waals surface area contributed by atoms with Gasteiger partial charge in [0, 0.05) is 18.4 Å². The molecule has 0 bridgehead atoms. The molecule has 0 aromatic heterocycles. The minimum atomic E-state index is -3.03. The molecule has 38 heavy (non-hydrogen) atoms. The van der Waals surface area contributed by atoms with Gasteiger partial charge in [0.1, 0.15) is 5.75 Å². The van der Waals surface area contributed by atoms with Crippen LogP contribution in [0.15, 0.2) is 18.2 Å². The van der Waals surface area contributed by atoms with Gasteiger partial charge in [0.25, 0.3) is 0 Å². The van der Waals surface area contributed by atoms with Crippen molar-refractivity contribution in [3.05, 3.63) is 29.3 Å². The lowest BCUT2D eigenvalue weighted by atomic mass is 9.49. The number of phenols is 1. The van der Waals surface area contributed by atoms with Crippen molar-refractivity contribution in [2.24, 2.45) is 29.4 Å². The summed E-state index contributed by atoms with van der Waals surface area (Å²) < 4.78 is 5.85. The van der Waals surface area contributed by atoms with Crippen molar-refractivity contribution in [1.82, 2.24) is 9.80 Å². The summed E-state index contributed by atoms with van der Waals surface area (Å²) in [6.45, 7) is 0.807. The third-order valence-electron chi connectivity index (χ3n) is 8.13. The average molecular weight is 532 g/mol. The normalized spacial score (nSPS) is 34.8. The van der Waals surface area contributed by atoms with Crippen molar-refractivity contribution in [3.63, 3.8) is 0 Å². The van der Waals surface area contributed by atoms with Gasteiger partial charge in [-0.15, -0.1) is 0 Å². The highest BCUT2D eigenvalue weighted by Gasteiger charge is 2.73. The van der Waals surface area contributed by atoms with Crippen LogP contribution in [0.4, 0.5) is 0 Å². The first-order chi connectivity index (χ1) is 17.8. The molecular formula is C26H33N3O9. The minimum Gasteiger partial charge on any atom is -0.507 e. The number of ether oxygens (including phenoxy) is 1. The molecule has 0 spiro atoms. The Morgan fingerprint density at radius 2 is 1.76 bits per heavy atom. The lowest BCUT2D eigenvalue weighted by molar-refractivity contribution is -0.197. The quantitative estimate of drug-likeness (QED) is 0.224. The highest BCUT2D eigenvalue weighted by atomic mass is 16.5. The molecule has 206 valence electrons. The van der Waals surface area contributed by atoms with Crippen LogP contribution in [-0.4, -0.2) is 120 Å². The van der Waals surface area contributed by atoms with E-state index in [1.807, 2.05) is 19.0 Å². The molecule has 4 rings (SSSR count). The smallest absolute Gasteiger partial charge is 0.235 e. The van der Waals surface area contributed by atoms with Crippen LogP contribution >= 0.6 is 0 Å². The van der Waals surface area contributed by atoms with E-state index in [0.717, 1.165) is 0 Å². The molecule has 1 aromatic carbocycles. The predicted molar refractivity (Wildman–Crippen MR) is 131 cm³/mol. The molecule has 12 nitrogen and oxygen atoms in total. The number of hydrogen-bond donors (Lipinski definition) is 4. The number of carbonyl (C=O) groups is 5. The first-order valence-electron chi connectivity index (χ1n) is 12.3. The standard InChI is InChI=1S/C26H33N3O9/c1-28(2)8-9-38-10-12-11-6-5-7-13(30)14(11)20(31)16-15(12)21(32)18-19(29(3)4)22(33)17(25(27)36)24(35)26(18,37)23(16)34/h5-7,12,15-19,21,30,32,37H,8-10H2,1-4H3,(H2,27,36)/t12-,15+,16?,17?,18+,19-,21-,26-/m1/s1. The molecule has 0 aliphatic heterocycles. The van der Waals surface area contributed by atoms with Crippen molar-refractivity contribution in [2.45, 2.75) is 23.7 Å². The van der Waals surface area contributed by atoms with Crippen molar-refractivity contribution in [1.29, 1.82) is 0 Å². The Kier molecular flexibility index (Phi) is 7.32. The van der Waals surface area contributed by atoms with Crippen molar-refractivity contribution >= 4 is 29.0 Å². The Labute approximate surface area is 219 Å². The second-order valence-corrected chi connectivity index (χ2v) is 10.8. The zero-order chi connectivity index (χ0) is 28.3. The van der Waals surface area contributed by atoms with Crippen LogP contribution in [0.5, 0.6) is 5.75 Å². The summed E-state index contributed by atoms with van der Waals surface area (Å²) in [7, 11) is 6.60. The fourth-order valence-corrected chi connectivity index (χ4v) is 6.42. The number of aliphatic hydroxyl groups is 2. The maximum Gasteiger partial charge on any atom is 0.235 e. The Hall–Kier alpha value is -3.03. The van der Waals surface area contributed by atoms with Gasteiger partial charge >= 0.3 is 0 Å². The molecule has 3 aliphatic rings. The number of fused-ring (bicyclic) bond motifs is 3. The van der Waals surface area contributed by atoms with E-state index in [4.69, 9.17) is 10.5 Å². The molecule has 0 radical (unpaired) electrons. The van der Waals surface area contributed by atoms with Gasteiger partial charge in [-0.2, -0.15) is 0 Å². The summed E-state index contributed by atoms with van der Waals surface area (Å²) in [4.78, 5) is 69.6. The van der Waals surface area contributed by atoms with Crippen LogP contribution in [0, 0.1) is 23.7 Å². The van der Waals surface area contributed by atoms with E-state index in [-0.39, 0.29) is 18.8 Å². The average Bonchev–Trinajstić information content (AvgIpc) is 2.82. The number of carbonyl (C=O) groups excluding carboxylic acids is 5. The lowest BCUT2D eigenvalue weighted by Gasteiger charge is -2.56. The van der Waals surface area contributed by atoms with Gasteiger partial charge in [-0.3, -0.25) is 28.9 Å². The number of nitrogens with two attached hydrogens (primary N) is 1. The third-order valence-corrected chi connectivity index (χ3v) is 8.13. The monoisotopic (exact) mass is 531 g/mol. The number of phenolic OH excluding ortho intramolecular Hbond substituents is 1. The van der Waals surface area contributed by atoms with Crippen molar-refractivity contribution in [2.75, 3.05) is 47.9 Å². The van der Waals surface area contributed by atoms with Crippen LogP contribution in [0.1, 0.15) is 21.8 Å². The predicted octanol–water partition coefficient (Wildman–Crippen LogP) is -2.04. The number of rotatable bonds is 7. The van der Waals surface area contributed by atoms with Gasteiger partial charge < -0.3 is 30.7 Å². The number of ketones is 4. The zero-order valence-electron chi connectivity index (χ0n) is 21.7. The SMILES string of the molecule is CN(C)CCOC[C@@H]1c2cccc(O)c2C(=O)C2C(=O)[C@@]3(O)C(=O)C(C(N)=O)C(=O)[C@H](N(C)C)[C@H]3[C@H](O)[C@H]21. The Morgan fingerprint density at radius 1 is 1.11 bits per heavy atom. The molecule has 1 amide bonds. The van der Waals surface area contributed by atoms with Gasteiger partial charge in [0.2, 0.25) is 5.91 Å². The van der Waals surface area contributed by atoms with E-state index in [1.54, 1.807) is 6.07 Å². The van der Waals surface area contributed by atoms with Gasteiger partial charge in [-0.1, -0.05) is 12.1 Å². The van der Waals surface area contributed by atoms with E-state index in [1.165, 1.54) is 31.1 Å².